The summed E-state index contributed by atoms with van der Waals surface area (Å²) in [6.07, 6.45) is 3.65. The normalized spacial score (nSPS) is 10.8. The molecule has 2 rings (SSSR count). The smallest absolute Gasteiger partial charge is 0.130 e. The molecule has 2 aromatic rings. The van der Waals surface area contributed by atoms with Gasteiger partial charge in [-0.15, -0.1) is 0 Å². The quantitative estimate of drug-likeness (QED) is 0.784. The second-order valence-electron chi connectivity index (χ2n) is 3.96. The Morgan fingerprint density at radius 1 is 1.06 bits per heavy atom. The van der Waals surface area contributed by atoms with Crippen molar-refractivity contribution in [3.63, 3.8) is 0 Å². The molecule has 0 atom stereocenters. The van der Waals surface area contributed by atoms with Crippen molar-refractivity contribution in [1.82, 2.24) is 9.97 Å². The molecule has 0 bridgehead atoms. The molecule has 82 valence electrons. The maximum atomic E-state index is 6.11. The minimum absolute atomic E-state index is 0.347. The van der Waals surface area contributed by atoms with Gasteiger partial charge in [-0.05, 0) is 6.07 Å². The van der Waals surface area contributed by atoms with Crippen molar-refractivity contribution in [3.8, 4) is 11.1 Å². The standard InChI is InChI=1S/C13H13ClN2/c1-9(2)13-15-7-10(8-16-13)11-5-3-4-6-12(11)14/h3-9H,1-2H3. The Balaban J connectivity index is 2.39. The van der Waals surface area contributed by atoms with Crippen LogP contribution in [0.5, 0.6) is 0 Å². The maximum absolute atomic E-state index is 6.11. The van der Waals surface area contributed by atoms with Gasteiger partial charge in [-0.3, -0.25) is 0 Å². The van der Waals surface area contributed by atoms with Crippen LogP contribution in [0.3, 0.4) is 0 Å². The average Bonchev–Trinajstić information content (AvgIpc) is 2.30. The van der Waals surface area contributed by atoms with Crippen LogP contribution in [0.2, 0.25) is 5.02 Å². The lowest BCUT2D eigenvalue weighted by atomic mass is 10.1. The number of nitrogens with zero attached hydrogens (tertiary/aromatic N) is 2. The molecule has 0 fully saturated rings. The first-order valence-electron chi connectivity index (χ1n) is 5.25. The summed E-state index contributed by atoms with van der Waals surface area (Å²) >= 11 is 6.11. The molecule has 0 saturated heterocycles. The molecule has 0 N–H and O–H groups in total. The monoisotopic (exact) mass is 232 g/mol. The third-order valence-corrected chi connectivity index (χ3v) is 2.70. The van der Waals surface area contributed by atoms with Crippen molar-refractivity contribution in [2.75, 3.05) is 0 Å². The van der Waals surface area contributed by atoms with E-state index in [0.717, 1.165) is 22.0 Å². The molecule has 0 amide bonds. The summed E-state index contributed by atoms with van der Waals surface area (Å²) in [6.45, 7) is 4.15. The lowest BCUT2D eigenvalue weighted by Crippen LogP contribution is -1.96. The molecule has 0 saturated carbocycles. The zero-order valence-corrected chi connectivity index (χ0v) is 10.1. The zero-order chi connectivity index (χ0) is 11.5. The van der Waals surface area contributed by atoms with E-state index in [-0.39, 0.29) is 0 Å². The van der Waals surface area contributed by atoms with Crippen molar-refractivity contribution in [1.29, 1.82) is 0 Å². The van der Waals surface area contributed by atoms with Crippen LogP contribution in [0.15, 0.2) is 36.7 Å². The molecular weight excluding hydrogens is 220 g/mol. The van der Waals surface area contributed by atoms with Crippen LogP contribution in [0.1, 0.15) is 25.6 Å². The Hall–Kier alpha value is -1.41. The highest BCUT2D eigenvalue weighted by Crippen LogP contribution is 2.26. The van der Waals surface area contributed by atoms with E-state index in [1.807, 2.05) is 36.7 Å². The molecule has 1 aromatic carbocycles. The fourth-order valence-corrected chi connectivity index (χ4v) is 1.72. The molecule has 16 heavy (non-hydrogen) atoms. The summed E-state index contributed by atoms with van der Waals surface area (Å²) in [6, 6.07) is 7.70. The molecule has 2 nitrogen and oxygen atoms in total. The number of aromatic nitrogens is 2. The van der Waals surface area contributed by atoms with Crippen LogP contribution < -0.4 is 0 Å². The SMILES string of the molecule is CC(C)c1ncc(-c2ccccc2Cl)cn1. The van der Waals surface area contributed by atoms with E-state index in [1.54, 1.807) is 0 Å². The van der Waals surface area contributed by atoms with Crippen molar-refractivity contribution in [3.05, 3.63) is 47.5 Å². The van der Waals surface area contributed by atoms with Gasteiger partial charge in [0, 0.05) is 34.5 Å². The highest BCUT2D eigenvalue weighted by molar-refractivity contribution is 6.33. The van der Waals surface area contributed by atoms with Gasteiger partial charge in [0.1, 0.15) is 5.82 Å². The molecule has 0 unspecified atom stereocenters. The topological polar surface area (TPSA) is 25.8 Å². The minimum atomic E-state index is 0.347. The third kappa shape index (κ3) is 2.22. The first-order chi connectivity index (χ1) is 7.68. The summed E-state index contributed by atoms with van der Waals surface area (Å²) in [4.78, 5) is 8.65. The highest BCUT2D eigenvalue weighted by atomic mass is 35.5. The lowest BCUT2D eigenvalue weighted by molar-refractivity contribution is 0.775. The summed E-state index contributed by atoms with van der Waals surface area (Å²) in [5.74, 6) is 1.20. The first kappa shape index (κ1) is 11.1. The van der Waals surface area contributed by atoms with Crippen LogP contribution in [-0.4, -0.2) is 9.97 Å². The van der Waals surface area contributed by atoms with E-state index in [2.05, 4.69) is 23.8 Å². The average molecular weight is 233 g/mol. The number of rotatable bonds is 2. The van der Waals surface area contributed by atoms with E-state index in [0.29, 0.717) is 5.92 Å². The molecule has 1 aromatic heterocycles. The molecule has 0 aliphatic carbocycles. The maximum Gasteiger partial charge on any atom is 0.130 e. The van der Waals surface area contributed by atoms with Crippen LogP contribution in [-0.2, 0) is 0 Å². The summed E-state index contributed by atoms with van der Waals surface area (Å²) in [5.41, 5.74) is 1.93. The summed E-state index contributed by atoms with van der Waals surface area (Å²) in [7, 11) is 0. The van der Waals surface area contributed by atoms with Crippen molar-refractivity contribution < 1.29 is 0 Å². The Bertz CT molecular complexity index is 478. The van der Waals surface area contributed by atoms with E-state index < -0.39 is 0 Å². The summed E-state index contributed by atoms with van der Waals surface area (Å²) in [5, 5.41) is 0.725. The Labute approximate surface area is 100 Å². The Morgan fingerprint density at radius 2 is 1.69 bits per heavy atom. The highest BCUT2D eigenvalue weighted by Gasteiger charge is 2.05. The predicted octanol–water partition coefficient (Wildman–Crippen LogP) is 3.92. The van der Waals surface area contributed by atoms with E-state index in [4.69, 9.17) is 11.6 Å². The molecule has 3 heteroatoms. The van der Waals surface area contributed by atoms with E-state index in [9.17, 15) is 0 Å². The van der Waals surface area contributed by atoms with Crippen molar-refractivity contribution in [2.24, 2.45) is 0 Å². The molecular formula is C13H13ClN2. The third-order valence-electron chi connectivity index (χ3n) is 2.37. The van der Waals surface area contributed by atoms with Gasteiger partial charge in [0.25, 0.3) is 0 Å². The zero-order valence-electron chi connectivity index (χ0n) is 9.31. The largest absolute Gasteiger partial charge is 0.240 e. The molecule has 0 aliphatic heterocycles. The molecule has 1 heterocycles. The van der Waals surface area contributed by atoms with Crippen molar-refractivity contribution in [2.45, 2.75) is 19.8 Å². The van der Waals surface area contributed by atoms with Gasteiger partial charge in [0.05, 0.1) is 0 Å². The molecule has 0 radical (unpaired) electrons. The van der Waals surface area contributed by atoms with E-state index in [1.165, 1.54) is 0 Å². The predicted molar refractivity (Wildman–Crippen MR) is 66.6 cm³/mol. The van der Waals surface area contributed by atoms with Gasteiger partial charge in [0.2, 0.25) is 0 Å². The van der Waals surface area contributed by atoms with Crippen molar-refractivity contribution >= 4 is 11.6 Å². The molecule has 0 aliphatic rings. The fourth-order valence-electron chi connectivity index (χ4n) is 1.47. The minimum Gasteiger partial charge on any atom is -0.240 e. The lowest BCUT2D eigenvalue weighted by Gasteiger charge is -2.06. The number of benzene rings is 1. The van der Waals surface area contributed by atoms with Crippen LogP contribution in [0.4, 0.5) is 0 Å². The van der Waals surface area contributed by atoms with Gasteiger partial charge in [-0.25, -0.2) is 9.97 Å². The second-order valence-corrected chi connectivity index (χ2v) is 4.37. The Morgan fingerprint density at radius 3 is 2.25 bits per heavy atom. The number of hydrogen-bond donors (Lipinski definition) is 0. The summed E-state index contributed by atoms with van der Waals surface area (Å²) < 4.78 is 0. The second kappa shape index (κ2) is 4.62. The first-order valence-corrected chi connectivity index (χ1v) is 5.63. The van der Waals surface area contributed by atoms with Gasteiger partial charge in [-0.2, -0.15) is 0 Å². The van der Waals surface area contributed by atoms with Gasteiger partial charge >= 0.3 is 0 Å². The van der Waals surface area contributed by atoms with Crippen LogP contribution in [0.25, 0.3) is 11.1 Å². The van der Waals surface area contributed by atoms with E-state index >= 15 is 0 Å². The van der Waals surface area contributed by atoms with Gasteiger partial charge in [-0.1, -0.05) is 43.6 Å². The van der Waals surface area contributed by atoms with Crippen LogP contribution >= 0.6 is 11.6 Å². The van der Waals surface area contributed by atoms with Crippen LogP contribution in [0, 0.1) is 0 Å². The number of hydrogen-bond acceptors (Lipinski definition) is 2. The fraction of sp³-hybridized carbons (Fsp3) is 0.231. The molecule has 0 spiro atoms. The number of halogens is 1. The Kier molecular flexibility index (Phi) is 3.20. The van der Waals surface area contributed by atoms with Gasteiger partial charge < -0.3 is 0 Å². The van der Waals surface area contributed by atoms with Gasteiger partial charge in [0.15, 0.2) is 0 Å².